The molecule has 0 saturated heterocycles. The van der Waals surface area contributed by atoms with E-state index in [2.05, 4.69) is 19.1 Å². The van der Waals surface area contributed by atoms with Crippen molar-refractivity contribution in [1.82, 2.24) is 9.80 Å². The summed E-state index contributed by atoms with van der Waals surface area (Å²) in [6.45, 7) is 6.82. The summed E-state index contributed by atoms with van der Waals surface area (Å²) < 4.78 is 0. The van der Waals surface area contributed by atoms with Crippen molar-refractivity contribution in [2.45, 2.75) is 39.8 Å². The predicted octanol–water partition coefficient (Wildman–Crippen LogP) is 4.31. The minimum absolute atomic E-state index is 0.0551. The number of rotatable bonds is 5. The van der Waals surface area contributed by atoms with E-state index in [1.807, 2.05) is 54.3 Å². The number of hydrogen-bond acceptors (Lipinski definition) is 2. The van der Waals surface area contributed by atoms with Crippen LogP contribution in [0.5, 0.6) is 0 Å². The molecule has 0 fully saturated rings. The molecule has 0 N–H and O–H groups in total. The van der Waals surface area contributed by atoms with E-state index in [0.717, 1.165) is 16.7 Å². The summed E-state index contributed by atoms with van der Waals surface area (Å²) in [5, 5.41) is 0. The Hall–Kier alpha value is -2.88. The SMILES string of the molecule is CCN(Cc1ccccc1C)C(=O)CC1c2ccccc2C=CN1C(C)=O. The van der Waals surface area contributed by atoms with Crippen LogP contribution >= 0.6 is 0 Å². The average molecular weight is 362 g/mol. The van der Waals surface area contributed by atoms with Gasteiger partial charge in [-0.15, -0.1) is 0 Å². The zero-order valence-electron chi connectivity index (χ0n) is 16.2. The van der Waals surface area contributed by atoms with Gasteiger partial charge < -0.3 is 9.80 Å². The van der Waals surface area contributed by atoms with Gasteiger partial charge >= 0.3 is 0 Å². The van der Waals surface area contributed by atoms with E-state index in [4.69, 9.17) is 0 Å². The van der Waals surface area contributed by atoms with Gasteiger partial charge in [-0.05, 0) is 42.2 Å². The predicted molar refractivity (Wildman–Crippen MR) is 108 cm³/mol. The lowest BCUT2D eigenvalue weighted by atomic mass is 9.93. The summed E-state index contributed by atoms with van der Waals surface area (Å²) in [6.07, 6.45) is 4.00. The van der Waals surface area contributed by atoms with Gasteiger partial charge in [0, 0.05) is 26.2 Å². The molecule has 3 rings (SSSR count). The molecule has 0 aromatic heterocycles. The number of carbonyl (C=O) groups is 2. The van der Waals surface area contributed by atoms with Crippen molar-refractivity contribution in [2.75, 3.05) is 6.54 Å². The van der Waals surface area contributed by atoms with Gasteiger partial charge in [0.05, 0.1) is 12.5 Å². The van der Waals surface area contributed by atoms with E-state index in [1.165, 1.54) is 5.56 Å². The third kappa shape index (κ3) is 4.11. The standard InChI is InChI=1S/C23H26N2O2/c1-4-24(16-20-11-6-5-9-17(20)2)23(27)15-22-21-12-8-7-10-19(21)13-14-25(22)18(3)26/h5-14,22H,4,15-16H2,1-3H3. The van der Waals surface area contributed by atoms with E-state index < -0.39 is 0 Å². The van der Waals surface area contributed by atoms with Crippen LogP contribution < -0.4 is 0 Å². The first-order chi connectivity index (χ1) is 13.0. The maximum absolute atomic E-state index is 13.1. The molecule has 1 unspecified atom stereocenters. The summed E-state index contributed by atoms with van der Waals surface area (Å²) in [5.74, 6) is 0.00242. The van der Waals surface area contributed by atoms with Gasteiger partial charge in [0.25, 0.3) is 0 Å². The van der Waals surface area contributed by atoms with Gasteiger partial charge in [-0.25, -0.2) is 0 Å². The molecule has 1 heterocycles. The molecule has 0 aliphatic carbocycles. The van der Waals surface area contributed by atoms with Crippen LogP contribution in [0.3, 0.4) is 0 Å². The van der Waals surface area contributed by atoms with Crippen molar-refractivity contribution in [3.63, 3.8) is 0 Å². The molecule has 140 valence electrons. The van der Waals surface area contributed by atoms with Crippen molar-refractivity contribution < 1.29 is 9.59 Å². The van der Waals surface area contributed by atoms with Gasteiger partial charge in [-0.1, -0.05) is 48.5 Å². The third-order valence-electron chi connectivity index (χ3n) is 5.19. The van der Waals surface area contributed by atoms with Gasteiger partial charge in [0.15, 0.2) is 0 Å². The van der Waals surface area contributed by atoms with Crippen LogP contribution in [0.25, 0.3) is 6.08 Å². The first kappa shape index (κ1) is 18.9. The van der Waals surface area contributed by atoms with E-state index in [1.54, 1.807) is 18.0 Å². The molecule has 4 heteroatoms. The minimum atomic E-state index is -0.262. The van der Waals surface area contributed by atoms with E-state index in [0.29, 0.717) is 13.1 Å². The fourth-order valence-corrected chi connectivity index (χ4v) is 3.58. The fraction of sp³-hybridized carbons (Fsp3) is 0.304. The number of hydrogen-bond donors (Lipinski definition) is 0. The molecule has 0 radical (unpaired) electrons. The zero-order chi connectivity index (χ0) is 19.4. The van der Waals surface area contributed by atoms with Gasteiger partial charge in [-0.3, -0.25) is 9.59 Å². The van der Waals surface area contributed by atoms with Crippen molar-refractivity contribution in [1.29, 1.82) is 0 Å². The Morgan fingerprint density at radius 1 is 1.07 bits per heavy atom. The lowest BCUT2D eigenvalue weighted by Crippen LogP contribution is -2.37. The molecule has 1 atom stereocenters. The van der Waals surface area contributed by atoms with Crippen LogP contribution in [0.2, 0.25) is 0 Å². The van der Waals surface area contributed by atoms with Crippen LogP contribution in [-0.2, 0) is 16.1 Å². The number of amides is 2. The summed E-state index contributed by atoms with van der Waals surface area (Å²) in [6, 6.07) is 15.8. The maximum atomic E-state index is 13.1. The molecule has 4 nitrogen and oxygen atoms in total. The molecule has 2 aromatic rings. The third-order valence-corrected chi connectivity index (χ3v) is 5.19. The van der Waals surface area contributed by atoms with Crippen LogP contribution in [0.1, 0.15) is 48.6 Å². The van der Waals surface area contributed by atoms with E-state index in [9.17, 15) is 9.59 Å². The normalized spacial score (nSPS) is 15.4. The van der Waals surface area contributed by atoms with Crippen LogP contribution in [0, 0.1) is 6.92 Å². The molecule has 0 spiro atoms. The minimum Gasteiger partial charge on any atom is -0.339 e. The summed E-state index contributed by atoms with van der Waals surface area (Å²) in [4.78, 5) is 28.8. The van der Waals surface area contributed by atoms with Gasteiger partial charge in [0.1, 0.15) is 0 Å². The van der Waals surface area contributed by atoms with Gasteiger partial charge in [-0.2, -0.15) is 0 Å². The monoisotopic (exact) mass is 362 g/mol. The number of fused-ring (bicyclic) bond motifs is 1. The second kappa shape index (κ2) is 8.21. The highest BCUT2D eigenvalue weighted by molar-refractivity contribution is 5.82. The van der Waals surface area contributed by atoms with Crippen molar-refractivity contribution in [3.8, 4) is 0 Å². The number of carbonyl (C=O) groups excluding carboxylic acids is 2. The molecular formula is C23H26N2O2. The second-order valence-electron chi connectivity index (χ2n) is 6.93. The number of aryl methyl sites for hydroxylation is 1. The molecule has 0 saturated carbocycles. The van der Waals surface area contributed by atoms with Crippen molar-refractivity contribution in [2.24, 2.45) is 0 Å². The molecule has 27 heavy (non-hydrogen) atoms. The zero-order valence-corrected chi connectivity index (χ0v) is 16.2. The largest absolute Gasteiger partial charge is 0.339 e. The quantitative estimate of drug-likeness (QED) is 0.795. The lowest BCUT2D eigenvalue weighted by Gasteiger charge is -2.34. The van der Waals surface area contributed by atoms with Crippen LogP contribution in [0.4, 0.5) is 0 Å². The molecular weight excluding hydrogens is 336 g/mol. The molecule has 2 amide bonds. The Labute approximate surface area is 161 Å². The highest BCUT2D eigenvalue weighted by atomic mass is 16.2. The summed E-state index contributed by atoms with van der Waals surface area (Å²) >= 11 is 0. The van der Waals surface area contributed by atoms with Crippen LogP contribution in [0.15, 0.2) is 54.7 Å². The molecule has 1 aliphatic heterocycles. The highest BCUT2D eigenvalue weighted by Gasteiger charge is 2.29. The number of benzene rings is 2. The highest BCUT2D eigenvalue weighted by Crippen LogP contribution is 2.33. The second-order valence-corrected chi connectivity index (χ2v) is 6.93. The Morgan fingerprint density at radius 3 is 2.48 bits per heavy atom. The van der Waals surface area contributed by atoms with E-state index in [-0.39, 0.29) is 24.3 Å². The fourth-order valence-electron chi connectivity index (χ4n) is 3.58. The number of nitrogens with zero attached hydrogens (tertiary/aromatic N) is 2. The Balaban J connectivity index is 1.82. The molecule has 1 aliphatic rings. The smallest absolute Gasteiger partial charge is 0.225 e. The summed E-state index contributed by atoms with van der Waals surface area (Å²) in [5.41, 5.74) is 4.42. The summed E-state index contributed by atoms with van der Waals surface area (Å²) in [7, 11) is 0. The van der Waals surface area contributed by atoms with Crippen molar-refractivity contribution in [3.05, 3.63) is 77.0 Å². The van der Waals surface area contributed by atoms with E-state index >= 15 is 0 Å². The van der Waals surface area contributed by atoms with Crippen molar-refractivity contribution >= 4 is 17.9 Å². The Morgan fingerprint density at radius 2 is 1.78 bits per heavy atom. The Bertz CT molecular complexity index is 872. The first-order valence-electron chi connectivity index (χ1n) is 9.39. The lowest BCUT2D eigenvalue weighted by molar-refractivity contribution is -0.135. The Kier molecular flexibility index (Phi) is 5.75. The molecule has 2 aromatic carbocycles. The topological polar surface area (TPSA) is 40.6 Å². The van der Waals surface area contributed by atoms with Crippen LogP contribution in [-0.4, -0.2) is 28.2 Å². The average Bonchev–Trinajstić information content (AvgIpc) is 2.67. The first-order valence-corrected chi connectivity index (χ1v) is 9.39. The maximum Gasteiger partial charge on any atom is 0.225 e. The molecule has 0 bridgehead atoms. The van der Waals surface area contributed by atoms with Gasteiger partial charge in [0.2, 0.25) is 11.8 Å².